The Balaban J connectivity index is 3.23. The first-order valence-corrected chi connectivity index (χ1v) is 13.7. The number of nitrogens with two attached hydrogens (primary N) is 1. The maximum Gasteiger partial charge on any atom is 0.508 e. The van der Waals surface area contributed by atoms with Gasteiger partial charge in [-0.3, -0.25) is 14.4 Å². The topological polar surface area (TPSA) is 151 Å². The summed E-state index contributed by atoms with van der Waals surface area (Å²) >= 11 is 0. The van der Waals surface area contributed by atoms with E-state index in [1.54, 1.807) is 19.9 Å². The van der Waals surface area contributed by atoms with Gasteiger partial charge >= 0.3 is 24.1 Å². The van der Waals surface area contributed by atoms with Crippen molar-refractivity contribution in [1.82, 2.24) is 0 Å². The Kier molecular flexibility index (Phi) is 12.6. The molecule has 226 valence electrons. The average molecular weight is 566 g/mol. The minimum Gasteiger partial charge on any atom is -0.480 e. The SMILES string of the molecule is CC(C)C(C)C(=O)Oc1ccc(CC(N)(C[C@H](C)OC(=O)OCC(C)(C)C)C(=O)O)cc1OC(=O)C(C)C(C)C. The van der Waals surface area contributed by atoms with Crippen LogP contribution in [0.25, 0.3) is 0 Å². The lowest BCUT2D eigenvalue weighted by atomic mass is 9.86. The van der Waals surface area contributed by atoms with Crippen molar-refractivity contribution in [3.63, 3.8) is 0 Å². The number of aliphatic carboxylic acids is 1. The zero-order valence-corrected chi connectivity index (χ0v) is 25.5. The van der Waals surface area contributed by atoms with E-state index in [0.29, 0.717) is 5.56 Å². The fourth-order valence-corrected chi connectivity index (χ4v) is 3.40. The van der Waals surface area contributed by atoms with E-state index >= 15 is 0 Å². The Hall–Kier alpha value is -3.14. The maximum absolute atomic E-state index is 12.8. The lowest BCUT2D eigenvalue weighted by Gasteiger charge is -2.28. The number of hydrogen-bond acceptors (Lipinski definition) is 9. The molecule has 40 heavy (non-hydrogen) atoms. The first-order valence-electron chi connectivity index (χ1n) is 13.7. The summed E-state index contributed by atoms with van der Waals surface area (Å²) in [5, 5.41) is 9.97. The third-order valence-electron chi connectivity index (χ3n) is 6.69. The summed E-state index contributed by atoms with van der Waals surface area (Å²) < 4.78 is 21.5. The number of hydrogen-bond donors (Lipinski definition) is 2. The Morgan fingerprint density at radius 3 is 1.80 bits per heavy atom. The molecule has 10 nitrogen and oxygen atoms in total. The van der Waals surface area contributed by atoms with Gasteiger partial charge in [0, 0.05) is 12.8 Å². The molecule has 0 radical (unpaired) electrons. The lowest BCUT2D eigenvalue weighted by molar-refractivity contribution is -0.145. The fraction of sp³-hybridized carbons (Fsp3) is 0.667. The van der Waals surface area contributed by atoms with Gasteiger partial charge in [-0.25, -0.2) is 4.79 Å². The minimum atomic E-state index is -1.83. The Morgan fingerprint density at radius 2 is 1.35 bits per heavy atom. The zero-order chi connectivity index (χ0) is 31.0. The molecule has 0 spiro atoms. The molecular formula is C30H47NO9. The summed E-state index contributed by atoms with van der Waals surface area (Å²) in [6.45, 7) is 18.4. The van der Waals surface area contributed by atoms with E-state index in [2.05, 4.69) is 0 Å². The van der Waals surface area contributed by atoms with E-state index in [-0.39, 0.29) is 48.2 Å². The first-order chi connectivity index (χ1) is 18.3. The predicted octanol–water partition coefficient (Wildman–Crippen LogP) is 5.38. The second-order valence-electron chi connectivity index (χ2n) is 12.6. The number of carboxylic acid groups (broad SMARTS) is 1. The number of ether oxygens (including phenoxy) is 4. The molecule has 0 heterocycles. The van der Waals surface area contributed by atoms with Crippen molar-refractivity contribution < 1.29 is 43.2 Å². The molecule has 0 aromatic heterocycles. The van der Waals surface area contributed by atoms with Crippen LogP contribution in [0.1, 0.15) is 81.2 Å². The molecule has 0 bridgehead atoms. The van der Waals surface area contributed by atoms with E-state index in [1.165, 1.54) is 19.1 Å². The van der Waals surface area contributed by atoms with Crippen molar-refractivity contribution >= 4 is 24.1 Å². The fourth-order valence-electron chi connectivity index (χ4n) is 3.40. The average Bonchev–Trinajstić information content (AvgIpc) is 2.82. The van der Waals surface area contributed by atoms with Crippen molar-refractivity contribution in [1.29, 1.82) is 0 Å². The second-order valence-corrected chi connectivity index (χ2v) is 12.6. The number of esters is 2. The van der Waals surface area contributed by atoms with Crippen LogP contribution in [0.5, 0.6) is 11.5 Å². The summed E-state index contributed by atoms with van der Waals surface area (Å²) in [6, 6.07) is 4.45. The van der Waals surface area contributed by atoms with Gasteiger partial charge in [-0.05, 0) is 41.9 Å². The van der Waals surface area contributed by atoms with Crippen LogP contribution in [0.2, 0.25) is 0 Å². The van der Waals surface area contributed by atoms with Gasteiger partial charge in [-0.1, -0.05) is 68.4 Å². The van der Waals surface area contributed by atoms with Crippen LogP contribution < -0.4 is 15.2 Å². The highest BCUT2D eigenvalue weighted by atomic mass is 16.7. The molecule has 0 aliphatic rings. The van der Waals surface area contributed by atoms with Gasteiger partial charge in [0.15, 0.2) is 11.5 Å². The van der Waals surface area contributed by atoms with Crippen molar-refractivity contribution in [3.8, 4) is 11.5 Å². The standard InChI is InChI=1S/C30H47NO9/c1-17(2)20(6)25(32)39-23-12-11-22(13-24(23)40-26(33)21(7)18(3)4)15-30(31,27(34)35)14-19(5)38-28(36)37-16-29(8,9)10/h11-13,17-21H,14-16,31H2,1-10H3,(H,34,35)/t19-,20?,21?,30?/m0/s1. The Bertz CT molecular complexity index is 1040. The molecule has 0 fully saturated rings. The van der Waals surface area contributed by atoms with Gasteiger partial charge in [0.05, 0.1) is 18.4 Å². The predicted molar refractivity (Wildman–Crippen MR) is 150 cm³/mol. The second kappa shape index (κ2) is 14.5. The molecule has 3 N–H and O–H groups in total. The zero-order valence-electron chi connectivity index (χ0n) is 25.5. The van der Waals surface area contributed by atoms with Crippen LogP contribution in [-0.2, 0) is 30.3 Å². The quantitative estimate of drug-likeness (QED) is 0.235. The van der Waals surface area contributed by atoms with Gasteiger partial charge in [0.1, 0.15) is 11.6 Å². The van der Waals surface area contributed by atoms with E-state index < -0.39 is 47.5 Å². The lowest BCUT2D eigenvalue weighted by Crippen LogP contribution is -2.52. The van der Waals surface area contributed by atoms with Crippen LogP contribution in [0, 0.1) is 29.1 Å². The molecule has 0 saturated carbocycles. The molecule has 3 unspecified atom stereocenters. The van der Waals surface area contributed by atoms with Gasteiger partial charge in [-0.2, -0.15) is 0 Å². The Labute approximate surface area is 237 Å². The van der Waals surface area contributed by atoms with Gasteiger partial charge in [-0.15, -0.1) is 0 Å². The van der Waals surface area contributed by atoms with Crippen LogP contribution in [0.4, 0.5) is 4.79 Å². The van der Waals surface area contributed by atoms with Gasteiger partial charge in [0.2, 0.25) is 0 Å². The molecular weight excluding hydrogens is 518 g/mol. The molecule has 0 amide bonds. The third-order valence-corrected chi connectivity index (χ3v) is 6.69. The third kappa shape index (κ3) is 11.2. The van der Waals surface area contributed by atoms with Crippen LogP contribution in [0.3, 0.4) is 0 Å². The van der Waals surface area contributed by atoms with Crippen molar-refractivity contribution in [2.24, 2.45) is 34.8 Å². The van der Waals surface area contributed by atoms with Gasteiger partial charge < -0.3 is 29.8 Å². The minimum absolute atomic E-state index is 0.00271. The molecule has 1 aromatic carbocycles. The normalized spacial score (nSPS) is 15.5. The largest absolute Gasteiger partial charge is 0.508 e. The molecule has 0 saturated heterocycles. The van der Waals surface area contributed by atoms with E-state index in [1.807, 2.05) is 48.5 Å². The first kappa shape index (κ1) is 34.9. The summed E-state index contributed by atoms with van der Waals surface area (Å²) in [7, 11) is 0. The number of carbonyl (C=O) groups is 4. The van der Waals surface area contributed by atoms with E-state index in [4.69, 9.17) is 24.7 Å². The van der Waals surface area contributed by atoms with Crippen molar-refractivity contribution in [3.05, 3.63) is 23.8 Å². The summed E-state index contributed by atoms with van der Waals surface area (Å²) in [5.41, 5.74) is 4.63. The van der Waals surface area contributed by atoms with Crippen molar-refractivity contribution in [2.75, 3.05) is 6.61 Å². The highest BCUT2D eigenvalue weighted by Gasteiger charge is 2.37. The number of benzene rings is 1. The van der Waals surface area contributed by atoms with E-state index in [0.717, 1.165) is 0 Å². The molecule has 4 atom stereocenters. The molecule has 1 aromatic rings. The number of rotatable bonds is 13. The summed E-state index contributed by atoms with van der Waals surface area (Å²) in [4.78, 5) is 49.7. The van der Waals surface area contributed by atoms with E-state index in [9.17, 15) is 24.3 Å². The maximum atomic E-state index is 12.8. The smallest absolute Gasteiger partial charge is 0.480 e. The monoisotopic (exact) mass is 565 g/mol. The number of carbonyl (C=O) groups excluding carboxylic acids is 3. The molecule has 0 aliphatic carbocycles. The molecule has 0 aliphatic heterocycles. The van der Waals surface area contributed by atoms with Crippen LogP contribution in [-0.4, -0.2) is 47.4 Å². The molecule has 1 rings (SSSR count). The highest BCUT2D eigenvalue weighted by Crippen LogP contribution is 2.33. The van der Waals surface area contributed by atoms with Gasteiger partial charge in [0.25, 0.3) is 0 Å². The van der Waals surface area contributed by atoms with Crippen LogP contribution >= 0.6 is 0 Å². The highest BCUT2D eigenvalue weighted by molar-refractivity contribution is 5.80. The van der Waals surface area contributed by atoms with Crippen LogP contribution in [0.15, 0.2) is 18.2 Å². The van der Waals surface area contributed by atoms with Crippen molar-refractivity contribution in [2.45, 2.75) is 93.7 Å². The molecule has 10 heteroatoms. The summed E-state index contributed by atoms with van der Waals surface area (Å²) in [5.74, 6) is -3.09. The Morgan fingerprint density at radius 1 is 0.850 bits per heavy atom. The number of carboxylic acids is 1. The summed E-state index contributed by atoms with van der Waals surface area (Å²) in [6.07, 6.45) is -2.18.